The Labute approximate surface area is 132 Å². The summed E-state index contributed by atoms with van der Waals surface area (Å²) in [5, 5.41) is 0. The van der Waals surface area contributed by atoms with Crippen molar-refractivity contribution in [3.8, 4) is 0 Å². The molecule has 0 saturated heterocycles. The van der Waals surface area contributed by atoms with Crippen LogP contribution < -0.4 is 4.57 Å². The zero-order chi connectivity index (χ0) is 17.7. The van der Waals surface area contributed by atoms with Crippen molar-refractivity contribution >= 4 is 10.1 Å². The summed E-state index contributed by atoms with van der Waals surface area (Å²) in [6, 6.07) is 10.6. The Morgan fingerprint density at radius 3 is 2.17 bits per heavy atom. The quantitative estimate of drug-likeness (QED) is 0.484. The van der Waals surface area contributed by atoms with Crippen LogP contribution in [0.3, 0.4) is 0 Å². The minimum absolute atomic E-state index is 0.554. The number of nitrogens with zero attached hydrogens (tertiary/aromatic N) is 2. The van der Waals surface area contributed by atoms with E-state index in [0.29, 0.717) is 5.92 Å². The van der Waals surface area contributed by atoms with E-state index in [1.807, 2.05) is 7.05 Å². The van der Waals surface area contributed by atoms with Crippen molar-refractivity contribution in [3.63, 3.8) is 0 Å². The van der Waals surface area contributed by atoms with Gasteiger partial charge in [-0.2, -0.15) is 13.2 Å². The topological polar surface area (TPSA) is 66.0 Å². The molecule has 0 aliphatic carbocycles. The fourth-order valence-corrected chi connectivity index (χ4v) is 1.81. The molecule has 0 fully saturated rings. The summed E-state index contributed by atoms with van der Waals surface area (Å²) in [5.74, 6) is 0.554. The molecule has 0 saturated carbocycles. The zero-order valence-corrected chi connectivity index (χ0v) is 13.4. The summed E-state index contributed by atoms with van der Waals surface area (Å²) in [4.78, 5) is 0. The lowest BCUT2D eigenvalue weighted by Gasteiger charge is -2.08. The molecule has 9 heteroatoms. The van der Waals surface area contributed by atoms with Gasteiger partial charge in [-0.25, -0.2) is 17.6 Å². The van der Waals surface area contributed by atoms with Gasteiger partial charge in [-0.15, -0.1) is 0 Å². The van der Waals surface area contributed by atoms with E-state index in [1.165, 1.54) is 5.56 Å². The fourth-order valence-electron chi connectivity index (χ4n) is 1.81. The van der Waals surface area contributed by atoms with Crippen molar-refractivity contribution in [3.05, 3.63) is 54.6 Å². The molecule has 0 aliphatic heterocycles. The third-order valence-corrected chi connectivity index (χ3v) is 3.53. The van der Waals surface area contributed by atoms with E-state index < -0.39 is 15.6 Å². The van der Waals surface area contributed by atoms with Gasteiger partial charge < -0.3 is 4.55 Å². The van der Waals surface area contributed by atoms with E-state index in [2.05, 4.69) is 65.1 Å². The Morgan fingerprint density at radius 2 is 1.78 bits per heavy atom. The van der Waals surface area contributed by atoms with E-state index in [-0.39, 0.29) is 0 Å². The Hall–Kier alpha value is -1.87. The molecule has 5 nitrogen and oxygen atoms in total. The molecule has 1 heterocycles. The van der Waals surface area contributed by atoms with E-state index >= 15 is 0 Å². The Morgan fingerprint density at radius 1 is 1.26 bits per heavy atom. The third kappa shape index (κ3) is 6.41. The molecule has 0 radical (unpaired) electrons. The van der Waals surface area contributed by atoms with Crippen LogP contribution in [0, 0.1) is 0 Å². The maximum Gasteiger partial charge on any atom is 0.485 e. The van der Waals surface area contributed by atoms with Crippen molar-refractivity contribution in [2.75, 3.05) is 0 Å². The Bertz CT molecular complexity index is 712. The molecule has 0 amide bonds. The lowest BCUT2D eigenvalue weighted by Crippen LogP contribution is -2.24. The van der Waals surface area contributed by atoms with Gasteiger partial charge >= 0.3 is 5.51 Å². The summed E-state index contributed by atoms with van der Waals surface area (Å²) >= 11 is 0. The lowest BCUT2D eigenvalue weighted by molar-refractivity contribution is -0.671. The molecular weight excluding hydrogens is 333 g/mol. The van der Waals surface area contributed by atoms with Crippen molar-refractivity contribution in [1.82, 2.24) is 4.57 Å². The normalized spacial score (nSPS) is 13.1. The highest BCUT2D eigenvalue weighted by atomic mass is 32.2. The van der Waals surface area contributed by atoms with Crippen LogP contribution in [0.1, 0.15) is 18.4 Å². The summed E-state index contributed by atoms with van der Waals surface area (Å²) in [5.41, 5.74) is -4.25. The predicted molar refractivity (Wildman–Crippen MR) is 76.2 cm³/mol. The molecule has 0 spiro atoms. The standard InChI is InChI=1S/C13H17N2.CHF3O3S/c1-12(13-6-4-3-5-7-13)10-15-9-8-14(2)11-15;2-1(3,4)8(5,6)7/h3-9,11-12H,10H2,1-2H3;(H,5,6,7)/q+1;/p-1. The first kappa shape index (κ1) is 19.2. The summed E-state index contributed by atoms with van der Waals surface area (Å²) in [7, 11) is -4.04. The van der Waals surface area contributed by atoms with Crippen LogP contribution in [0.2, 0.25) is 0 Å². The molecule has 0 aliphatic rings. The highest BCUT2D eigenvalue weighted by Gasteiger charge is 2.36. The Balaban J connectivity index is 0.000000284. The van der Waals surface area contributed by atoms with Crippen LogP contribution in [0.25, 0.3) is 0 Å². The third-order valence-electron chi connectivity index (χ3n) is 2.96. The minimum Gasteiger partial charge on any atom is -0.741 e. The van der Waals surface area contributed by atoms with Crippen LogP contribution in [0.5, 0.6) is 0 Å². The number of halogens is 3. The highest BCUT2D eigenvalue weighted by molar-refractivity contribution is 7.86. The zero-order valence-electron chi connectivity index (χ0n) is 12.6. The van der Waals surface area contributed by atoms with E-state index in [0.717, 1.165) is 6.54 Å². The predicted octanol–water partition coefficient (Wildman–Crippen LogP) is 2.17. The van der Waals surface area contributed by atoms with Gasteiger partial charge in [0.05, 0.1) is 13.6 Å². The van der Waals surface area contributed by atoms with Crippen LogP contribution in [-0.2, 0) is 23.7 Å². The lowest BCUT2D eigenvalue weighted by atomic mass is 10.0. The average Bonchev–Trinajstić information content (AvgIpc) is 2.83. The van der Waals surface area contributed by atoms with Crippen molar-refractivity contribution in [2.45, 2.75) is 24.9 Å². The SMILES string of the molecule is CC(Cn1cc[n+](C)c1)c1ccccc1.O=S(=O)([O-])C(F)(F)F. The van der Waals surface area contributed by atoms with E-state index in [9.17, 15) is 13.2 Å². The van der Waals surface area contributed by atoms with Gasteiger partial charge in [0.1, 0.15) is 12.4 Å². The second-order valence-corrected chi connectivity index (χ2v) is 6.36. The molecule has 23 heavy (non-hydrogen) atoms. The molecular formula is C14H17F3N2O3S. The maximum absolute atomic E-state index is 10.7. The number of hydrogen-bond acceptors (Lipinski definition) is 3. The van der Waals surface area contributed by atoms with Crippen molar-refractivity contribution in [2.24, 2.45) is 7.05 Å². The number of imidazole rings is 1. The van der Waals surface area contributed by atoms with Crippen LogP contribution in [0.15, 0.2) is 49.1 Å². The van der Waals surface area contributed by atoms with Gasteiger partial charge in [0.25, 0.3) is 0 Å². The Kier molecular flexibility index (Phi) is 6.34. The highest BCUT2D eigenvalue weighted by Crippen LogP contribution is 2.20. The molecule has 2 rings (SSSR count). The van der Waals surface area contributed by atoms with Crippen molar-refractivity contribution in [1.29, 1.82) is 0 Å². The molecule has 0 N–H and O–H groups in total. The largest absolute Gasteiger partial charge is 0.741 e. The second-order valence-electron chi connectivity index (χ2n) is 4.99. The van der Waals surface area contributed by atoms with Gasteiger partial charge in [0.2, 0.25) is 6.33 Å². The molecule has 1 unspecified atom stereocenters. The van der Waals surface area contributed by atoms with Crippen LogP contribution in [-0.4, -0.2) is 23.0 Å². The van der Waals surface area contributed by atoms with Crippen molar-refractivity contribution < 1.29 is 30.7 Å². The average molecular weight is 350 g/mol. The first-order chi connectivity index (χ1) is 10.5. The van der Waals surface area contributed by atoms with Gasteiger partial charge in [-0.1, -0.05) is 37.3 Å². The molecule has 1 aromatic heterocycles. The molecule has 1 atom stereocenters. The summed E-state index contributed by atoms with van der Waals surface area (Å²) in [6.07, 6.45) is 6.29. The first-order valence-electron chi connectivity index (χ1n) is 6.59. The monoisotopic (exact) mass is 350 g/mol. The summed E-state index contributed by atoms with van der Waals surface area (Å²) < 4.78 is 63.2. The second kappa shape index (κ2) is 7.60. The number of aryl methyl sites for hydroxylation is 1. The van der Waals surface area contributed by atoms with Gasteiger partial charge in [0, 0.05) is 5.92 Å². The molecule has 1 aromatic carbocycles. The molecule has 0 bridgehead atoms. The van der Waals surface area contributed by atoms with Gasteiger partial charge in [-0.05, 0) is 5.56 Å². The fraction of sp³-hybridized carbons (Fsp3) is 0.357. The van der Waals surface area contributed by atoms with Crippen LogP contribution in [0.4, 0.5) is 13.2 Å². The van der Waals surface area contributed by atoms with Crippen LogP contribution >= 0.6 is 0 Å². The minimum atomic E-state index is -6.09. The smallest absolute Gasteiger partial charge is 0.485 e. The summed E-state index contributed by atoms with van der Waals surface area (Å²) in [6.45, 7) is 3.29. The van der Waals surface area contributed by atoms with Gasteiger partial charge in [0.15, 0.2) is 10.1 Å². The molecule has 2 aromatic rings. The number of aromatic nitrogens is 2. The first-order valence-corrected chi connectivity index (χ1v) is 7.99. The number of benzene rings is 1. The van der Waals surface area contributed by atoms with E-state index in [1.54, 1.807) is 0 Å². The number of hydrogen-bond donors (Lipinski definition) is 0. The molecule has 128 valence electrons. The maximum atomic E-state index is 10.7. The van der Waals surface area contributed by atoms with E-state index in [4.69, 9.17) is 13.0 Å². The van der Waals surface area contributed by atoms with Gasteiger partial charge in [-0.3, -0.25) is 0 Å². The number of rotatable bonds is 3. The number of alkyl halides is 3.